The molecule has 0 bridgehead atoms. The fourth-order valence-corrected chi connectivity index (χ4v) is 8.40. The van der Waals surface area contributed by atoms with Gasteiger partial charge in [0.2, 0.25) is 5.91 Å². The third kappa shape index (κ3) is 5.13. The van der Waals surface area contributed by atoms with Crippen LogP contribution in [0.1, 0.15) is 97.3 Å². The molecular formula is C34H52BN5O5. The lowest BCUT2D eigenvalue weighted by atomic mass is 9.70. The van der Waals surface area contributed by atoms with Crippen LogP contribution in [0.2, 0.25) is 0 Å². The Kier molecular flexibility index (Phi) is 8.01. The van der Waals surface area contributed by atoms with Crippen molar-refractivity contribution in [2.24, 2.45) is 5.92 Å². The molecule has 3 fully saturated rings. The maximum absolute atomic E-state index is 13.8. The van der Waals surface area contributed by atoms with Crippen molar-refractivity contribution in [2.75, 3.05) is 27.2 Å². The highest BCUT2D eigenvalue weighted by atomic mass is 16.7. The van der Waals surface area contributed by atoms with Crippen molar-refractivity contribution >= 4 is 30.3 Å². The Labute approximate surface area is 269 Å². The predicted molar refractivity (Wildman–Crippen MR) is 176 cm³/mol. The molecule has 2 amide bonds. The van der Waals surface area contributed by atoms with Gasteiger partial charge in [-0.25, -0.2) is 4.79 Å². The molecule has 1 aromatic rings. The second kappa shape index (κ2) is 11.2. The van der Waals surface area contributed by atoms with Gasteiger partial charge in [-0.3, -0.25) is 9.69 Å². The van der Waals surface area contributed by atoms with Crippen molar-refractivity contribution in [3.05, 3.63) is 35.0 Å². The fourth-order valence-electron chi connectivity index (χ4n) is 8.40. The van der Waals surface area contributed by atoms with E-state index < -0.39 is 36.1 Å². The quantitative estimate of drug-likeness (QED) is 0.416. The number of likely N-dealkylation sites (tertiary alicyclic amines) is 2. The minimum Gasteiger partial charge on any atom is -0.453 e. The van der Waals surface area contributed by atoms with Gasteiger partial charge in [-0.1, -0.05) is 26.0 Å². The summed E-state index contributed by atoms with van der Waals surface area (Å²) in [7, 11) is 3.17. The molecule has 0 saturated carbocycles. The van der Waals surface area contributed by atoms with E-state index in [1.54, 1.807) is 0 Å². The molecule has 246 valence electrons. The van der Waals surface area contributed by atoms with Gasteiger partial charge in [-0.2, -0.15) is 0 Å². The second-order valence-electron chi connectivity index (χ2n) is 15.3. The zero-order chi connectivity index (χ0) is 32.5. The van der Waals surface area contributed by atoms with Crippen LogP contribution in [0, 0.1) is 5.92 Å². The molecule has 0 radical (unpaired) electrons. The number of carbonyl (C=O) groups excluding carboxylic acids is 2. The Balaban J connectivity index is 1.30. The topological polar surface area (TPSA) is 104 Å². The van der Waals surface area contributed by atoms with E-state index >= 15 is 0 Å². The highest BCUT2D eigenvalue weighted by Gasteiger charge is 2.56. The van der Waals surface area contributed by atoms with Crippen LogP contribution < -0.4 is 21.4 Å². The van der Waals surface area contributed by atoms with Gasteiger partial charge in [0, 0.05) is 23.8 Å². The van der Waals surface area contributed by atoms with Crippen molar-refractivity contribution in [1.82, 2.24) is 25.8 Å². The molecule has 3 N–H and O–H groups in total. The molecule has 2 unspecified atom stereocenters. The third-order valence-corrected chi connectivity index (χ3v) is 11.7. The van der Waals surface area contributed by atoms with Crippen molar-refractivity contribution < 1.29 is 23.6 Å². The first-order valence-electron chi connectivity index (χ1n) is 16.8. The summed E-state index contributed by atoms with van der Waals surface area (Å²) in [5.74, 6) is -0.148. The van der Waals surface area contributed by atoms with Crippen molar-refractivity contribution in [3.63, 3.8) is 0 Å². The molecule has 6 rings (SSSR count). The lowest BCUT2D eigenvalue weighted by Crippen LogP contribution is -2.63. The van der Waals surface area contributed by atoms with Gasteiger partial charge < -0.3 is 34.9 Å². The van der Waals surface area contributed by atoms with Gasteiger partial charge in [0.1, 0.15) is 11.7 Å². The number of fused-ring (bicyclic) bond motifs is 2. The van der Waals surface area contributed by atoms with Crippen LogP contribution in [0.25, 0.3) is 5.70 Å². The zero-order valence-corrected chi connectivity index (χ0v) is 28.6. The largest absolute Gasteiger partial charge is 0.495 e. The number of carbonyl (C=O) groups is 2. The first-order valence-corrected chi connectivity index (χ1v) is 16.8. The van der Waals surface area contributed by atoms with Crippen LogP contribution in [0.3, 0.4) is 0 Å². The molecule has 3 saturated heterocycles. The predicted octanol–water partition coefficient (Wildman–Crippen LogP) is 3.43. The number of methoxy groups -OCH3 is 1. The molecule has 1 aromatic carbocycles. The van der Waals surface area contributed by atoms with E-state index in [1.807, 2.05) is 18.7 Å². The van der Waals surface area contributed by atoms with Crippen LogP contribution in [0.5, 0.6) is 0 Å². The van der Waals surface area contributed by atoms with E-state index in [-0.39, 0.29) is 23.4 Å². The molecular weight excluding hydrogens is 569 g/mol. The lowest BCUT2D eigenvalue weighted by Gasteiger charge is -2.40. The summed E-state index contributed by atoms with van der Waals surface area (Å²) in [5, 5.41) is 10.2. The maximum atomic E-state index is 13.8. The van der Waals surface area contributed by atoms with Gasteiger partial charge in [-0.05, 0) is 109 Å². The summed E-state index contributed by atoms with van der Waals surface area (Å²) in [6.07, 6.45) is 7.63. The first-order chi connectivity index (χ1) is 21.1. The molecule has 4 aliphatic heterocycles. The zero-order valence-electron chi connectivity index (χ0n) is 28.6. The molecule has 10 nitrogen and oxygen atoms in total. The normalized spacial score (nSPS) is 30.8. The number of rotatable bonds is 6. The Bertz CT molecular complexity index is 1380. The van der Waals surface area contributed by atoms with Crippen LogP contribution in [0.4, 0.5) is 4.79 Å². The first kappa shape index (κ1) is 32.2. The molecule has 1 spiro atoms. The van der Waals surface area contributed by atoms with Gasteiger partial charge in [0.25, 0.3) is 0 Å². The Hall–Kier alpha value is -2.76. The summed E-state index contributed by atoms with van der Waals surface area (Å²) >= 11 is 0. The van der Waals surface area contributed by atoms with E-state index in [4.69, 9.17) is 14.0 Å². The molecule has 1 aliphatic carbocycles. The smallest absolute Gasteiger partial charge is 0.453 e. The van der Waals surface area contributed by atoms with E-state index in [0.717, 1.165) is 49.8 Å². The SMILES string of the molecule is COC(=O)N[C@H](C(=O)N1CCC[C@H]1C1(C)NC=C(c2ccc(B3OC(C)(C)C(C)(C)O3)c3c2CCC32CCCN2C)N1)C(C)C. The van der Waals surface area contributed by atoms with Crippen LogP contribution in [-0.4, -0.2) is 85.1 Å². The summed E-state index contributed by atoms with van der Waals surface area (Å²) in [5.41, 5.74) is 4.72. The Morgan fingerprint density at radius 1 is 1.07 bits per heavy atom. The average Bonchev–Trinajstić information content (AvgIpc) is 3.80. The number of ether oxygens (including phenoxy) is 1. The Morgan fingerprint density at radius 3 is 2.40 bits per heavy atom. The number of alkyl carbamates (subject to hydrolysis) is 1. The molecule has 4 atom stereocenters. The summed E-state index contributed by atoms with van der Waals surface area (Å²) < 4.78 is 18.1. The lowest BCUT2D eigenvalue weighted by molar-refractivity contribution is -0.136. The van der Waals surface area contributed by atoms with Crippen molar-refractivity contribution in [1.29, 1.82) is 0 Å². The van der Waals surface area contributed by atoms with Crippen molar-refractivity contribution in [2.45, 2.75) is 121 Å². The Morgan fingerprint density at radius 2 is 1.78 bits per heavy atom. The highest BCUT2D eigenvalue weighted by molar-refractivity contribution is 6.62. The molecule has 11 heteroatoms. The third-order valence-electron chi connectivity index (χ3n) is 11.7. The minimum atomic E-state index is -0.652. The molecule has 5 aliphatic rings. The fraction of sp³-hybridized carbons (Fsp3) is 0.706. The maximum Gasteiger partial charge on any atom is 0.495 e. The van der Waals surface area contributed by atoms with Crippen molar-refractivity contribution in [3.8, 4) is 0 Å². The number of hydrogen-bond acceptors (Lipinski definition) is 8. The van der Waals surface area contributed by atoms with Gasteiger partial charge in [0.05, 0.1) is 30.1 Å². The second-order valence-corrected chi connectivity index (χ2v) is 15.3. The van der Waals surface area contributed by atoms with Gasteiger partial charge in [-0.15, -0.1) is 0 Å². The number of amides is 2. The van der Waals surface area contributed by atoms with E-state index in [0.29, 0.717) is 6.54 Å². The average molecular weight is 622 g/mol. The molecule has 45 heavy (non-hydrogen) atoms. The summed E-state index contributed by atoms with van der Waals surface area (Å²) in [6.45, 7) is 16.2. The standard InChI is InChI=1S/C34H52BN5O5/c1-21(2)28(37-30(42)43-9)29(41)40-19-10-12-26(40)33(7)36-20-25(38-33)22-13-14-24(35-44-31(3,4)32(5,6)45-35)27-23(22)15-17-34(27)16-11-18-39(34)8/h13-14,20-21,26,28,36,38H,10-12,15-19H2,1-9H3,(H,37,42)/t26-,28-,33?,34?/m0/s1. The van der Waals surface area contributed by atoms with Gasteiger partial charge in [0.15, 0.2) is 0 Å². The van der Waals surface area contributed by atoms with E-state index in [9.17, 15) is 9.59 Å². The summed E-state index contributed by atoms with van der Waals surface area (Å²) in [4.78, 5) is 30.4. The van der Waals surface area contributed by atoms with Crippen LogP contribution in [0.15, 0.2) is 18.3 Å². The molecule has 4 heterocycles. The number of hydrogen-bond donors (Lipinski definition) is 3. The monoisotopic (exact) mass is 621 g/mol. The van der Waals surface area contributed by atoms with Crippen LogP contribution >= 0.6 is 0 Å². The number of nitrogens with one attached hydrogen (secondary N) is 3. The number of nitrogens with zero attached hydrogens (tertiary/aromatic N) is 2. The highest BCUT2D eigenvalue weighted by Crippen LogP contribution is 2.50. The molecule has 0 aromatic heterocycles. The minimum absolute atomic E-state index is 0.0205. The van der Waals surface area contributed by atoms with E-state index in [1.165, 1.54) is 30.2 Å². The summed E-state index contributed by atoms with van der Waals surface area (Å²) in [6, 6.07) is 3.71. The number of benzene rings is 1. The van der Waals surface area contributed by atoms with E-state index in [2.05, 4.69) is 80.8 Å². The van der Waals surface area contributed by atoms with Crippen LogP contribution in [-0.2, 0) is 30.8 Å². The van der Waals surface area contributed by atoms with Gasteiger partial charge >= 0.3 is 13.2 Å².